The van der Waals surface area contributed by atoms with Crippen LogP contribution >= 0.6 is 11.3 Å². The first-order valence-corrected chi connectivity index (χ1v) is 6.09. The molecule has 1 radical (unpaired) electrons. The van der Waals surface area contributed by atoms with Crippen molar-refractivity contribution in [3.8, 4) is 0 Å². The van der Waals surface area contributed by atoms with Crippen molar-refractivity contribution in [2.24, 2.45) is 0 Å². The predicted molar refractivity (Wildman–Crippen MR) is 61.2 cm³/mol. The second kappa shape index (κ2) is 6.20. The van der Waals surface area contributed by atoms with Crippen LogP contribution in [0, 0.1) is 6.92 Å². The molecule has 1 aromatic heterocycles. The molecule has 1 heterocycles. The van der Waals surface area contributed by atoms with Crippen LogP contribution in [-0.4, -0.2) is 0 Å². The molecule has 0 bridgehead atoms. The number of rotatable bonds is 6. The summed E-state index contributed by atoms with van der Waals surface area (Å²) in [6.45, 7) is 6.44. The summed E-state index contributed by atoms with van der Waals surface area (Å²) in [6.07, 6.45) is 6.65. The summed E-state index contributed by atoms with van der Waals surface area (Å²) in [5, 5.41) is 2.14. The van der Waals surface area contributed by atoms with Crippen LogP contribution in [0.4, 0.5) is 0 Å². The van der Waals surface area contributed by atoms with E-state index in [2.05, 4.69) is 31.4 Å². The highest BCUT2D eigenvalue weighted by molar-refractivity contribution is 7.10. The van der Waals surface area contributed by atoms with Crippen LogP contribution in [0.25, 0.3) is 0 Å². The van der Waals surface area contributed by atoms with Gasteiger partial charge in [-0.25, -0.2) is 0 Å². The summed E-state index contributed by atoms with van der Waals surface area (Å²) in [5.41, 5.74) is 0. The summed E-state index contributed by atoms with van der Waals surface area (Å²) in [7, 11) is 0. The fraction of sp³-hybridized carbons (Fsp3) is 0.583. The van der Waals surface area contributed by atoms with Gasteiger partial charge in [0.05, 0.1) is 0 Å². The summed E-state index contributed by atoms with van der Waals surface area (Å²) in [4.78, 5) is 1.44. The van der Waals surface area contributed by atoms with Crippen molar-refractivity contribution in [1.29, 1.82) is 0 Å². The molecule has 0 spiro atoms. The lowest BCUT2D eigenvalue weighted by atomic mass is 10.0. The molecule has 0 fully saturated rings. The third kappa shape index (κ3) is 3.95. The molecular weight excluding hydrogens is 176 g/mol. The van der Waals surface area contributed by atoms with E-state index in [0.717, 1.165) is 0 Å². The maximum atomic E-state index is 4.19. The molecule has 1 heteroatoms. The largest absolute Gasteiger partial charge is 0.149 e. The van der Waals surface area contributed by atoms with Gasteiger partial charge in [-0.3, -0.25) is 0 Å². The summed E-state index contributed by atoms with van der Waals surface area (Å²) < 4.78 is 0. The number of unbranched alkanes of at least 4 members (excludes halogenated alkanes) is 3. The smallest absolute Gasteiger partial charge is 0.00761 e. The third-order valence-electron chi connectivity index (χ3n) is 2.35. The molecule has 0 amide bonds. The first-order valence-electron chi connectivity index (χ1n) is 5.21. The molecule has 0 N–H and O–H groups in total. The van der Waals surface area contributed by atoms with Crippen molar-refractivity contribution in [2.75, 3.05) is 0 Å². The second-order valence-electron chi connectivity index (χ2n) is 3.56. The van der Waals surface area contributed by atoms with Crippen molar-refractivity contribution in [2.45, 2.75) is 44.9 Å². The van der Waals surface area contributed by atoms with Gasteiger partial charge in [0.25, 0.3) is 0 Å². The maximum absolute atomic E-state index is 4.19. The van der Waals surface area contributed by atoms with E-state index in [9.17, 15) is 0 Å². The van der Waals surface area contributed by atoms with Gasteiger partial charge in [0, 0.05) is 4.88 Å². The van der Waals surface area contributed by atoms with Crippen LogP contribution in [0.15, 0.2) is 17.5 Å². The van der Waals surface area contributed by atoms with Gasteiger partial charge in [0.2, 0.25) is 0 Å². The van der Waals surface area contributed by atoms with Gasteiger partial charge in [-0.05, 0) is 30.7 Å². The van der Waals surface area contributed by atoms with Crippen molar-refractivity contribution in [1.82, 2.24) is 0 Å². The van der Waals surface area contributed by atoms with Crippen LogP contribution < -0.4 is 0 Å². The van der Waals surface area contributed by atoms with E-state index in [1.54, 1.807) is 0 Å². The first-order chi connectivity index (χ1) is 6.34. The molecular formula is C12H19S. The lowest BCUT2D eigenvalue weighted by Crippen LogP contribution is -1.90. The van der Waals surface area contributed by atoms with Crippen molar-refractivity contribution in [3.63, 3.8) is 0 Å². The van der Waals surface area contributed by atoms with E-state index in [-0.39, 0.29) is 0 Å². The maximum Gasteiger partial charge on any atom is 0.00761 e. The molecule has 0 aliphatic rings. The third-order valence-corrected chi connectivity index (χ3v) is 3.39. The Labute approximate surface area is 86.0 Å². The Morgan fingerprint density at radius 1 is 1.38 bits per heavy atom. The quantitative estimate of drug-likeness (QED) is 0.580. The van der Waals surface area contributed by atoms with E-state index < -0.39 is 0 Å². The van der Waals surface area contributed by atoms with Crippen LogP contribution in [-0.2, 0) is 0 Å². The highest BCUT2D eigenvalue weighted by atomic mass is 32.1. The Kier molecular flexibility index (Phi) is 5.14. The zero-order valence-electron chi connectivity index (χ0n) is 8.46. The molecule has 1 rings (SSSR count). The monoisotopic (exact) mass is 195 g/mol. The minimum Gasteiger partial charge on any atom is -0.149 e. The Hall–Kier alpha value is -0.300. The van der Waals surface area contributed by atoms with Gasteiger partial charge in [-0.1, -0.05) is 38.7 Å². The molecule has 0 aliphatic heterocycles. The first kappa shape index (κ1) is 10.8. The topological polar surface area (TPSA) is 0 Å². The van der Waals surface area contributed by atoms with E-state index in [1.807, 2.05) is 11.3 Å². The van der Waals surface area contributed by atoms with Gasteiger partial charge >= 0.3 is 0 Å². The summed E-state index contributed by atoms with van der Waals surface area (Å²) in [5.74, 6) is 0.525. The SMILES string of the molecule is [CH2]C(CCCCCC)c1cccs1. The van der Waals surface area contributed by atoms with Gasteiger partial charge < -0.3 is 0 Å². The van der Waals surface area contributed by atoms with Crippen LogP contribution in [0.2, 0.25) is 0 Å². The van der Waals surface area contributed by atoms with E-state index in [4.69, 9.17) is 0 Å². The fourth-order valence-corrected chi connectivity index (χ4v) is 2.27. The predicted octanol–water partition coefficient (Wildman–Crippen LogP) is 4.64. The summed E-state index contributed by atoms with van der Waals surface area (Å²) >= 11 is 1.83. The van der Waals surface area contributed by atoms with E-state index >= 15 is 0 Å². The number of hydrogen-bond donors (Lipinski definition) is 0. The van der Waals surface area contributed by atoms with Crippen molar-refractivity contribution < 1.29 is 0 Å². The minimum absolute atomic E-state index is 0.525. The molecule has 1 unspecified atom stereocenters. The molecule has 0 aromatic carbocycles. The standard InChI is InChI=1S/C12H19S/c1-3-4-5-6-8-11(2)12-9-7-10-13-12/h7,9-11H,2-6,8H2,1H3. The minimum atomic E-state index is 0.525. The lowest BCUT2D eigenvalue weighted by molar-refractivity contribution is 0.606. The van der Waals surface area contributed by atoms with Crippen LogP contribution in [0.5, 0.6) is 0 Å². The van der Waals surface area contributed by atoms with Gasteiger partial charge in [0.1, 0.15) is 0 Å². The molecule has 0 nitrogen and oxygen atoms in total. The second-order valence-corrected chi connectivity index (χ2v) is 4.54. The zero-order valence-corrected chi connectivity index (χ0v) is 9.28. The van der Waals surface area contributed by atoms with Crippen molar-refractivity contribution in [3.05, 3.63) is 29.3 Å². The van der Waals surface area contributed by atoms with Crippen LogP contribution in [0.1, 0.15) is 49.8 Å². The van der Waals surface area contributed by atoms with Crippen molar-refractivity contribution >= 4 is 11.3 Å². The molecule has 73 valence electrons. The Morgan fingerprint density at radius 3 is 2.85 bits per heavy atom. The zero-order chi connectivity index (χ0) is 9.52. The van der Waals surface area contributed by atoms with Crippen LogP contribution in [0.3, 0.4) is 0 Å². The average molecular weight is 195 g/mol. The number of thiophene rings is 1. The molecule has 13 heavy (non-hydrogen) atoms. The Bertz CT molecular complexity index is 201. The highest BCUT2D eigenvalue weighted by Crippen LogP contribution is 2.25. The van der Waals surface area contributed by atoms with Gasteiger partial charge in [-0.2, -0.15) is 0 Å². The molecule has 0 saturated heterocycles. The fourth-order valence-electron chi connectivity index (χ4n) is 1.48. The normalized spacial score (nSPS) is 13.1. The van der Waals surface area contributed by atoms with Gasteiger partial charge in [0.15, 0.2) is 0 Å². The molecule has 1 atom stereocenters. The Morgan fingerprint density at radius 2 is 2.23 bits per heavy atom. The van der Waals surface area contributed by atoms with E-state index in [0.29, 0.717) is 5.92 Å². The number of hydrogen-bond acceptors (Lipinski definition) is 1. The lowest BCUT2D eigenvalue weighted by Gasteiger charge is -2.07. The van der Waals surface area contributed by atoms with E-state index in [1.165, 1.54) is 37.0 Å². The average Bonchev–Trinajstić information content (AvgIpc) is 2.65. The molecule has 0 aliphatic carbocycles. The molecule has 1 aromatic rings. The van der Waals surface area contributed by atoms with Gasteiger partial charge in [-0.15, -0.1) is 11.3 Å². The highest BCUT2D eigenvalue weighted by Gasteiger charge is 2.05. The summed E-state index contributed by atoms with van der Waals surface area (Å²) in [6, 6.07) is 4.31. The molecule has 0 saturated carbocycles. The Balaban J connectivity index is 2.15.